The summed E-state index contributed by atoms with van der Waals surface area (Å²) in [6, 6.07) is 16.6. The minimum Gasteiger partial charge on any atom is -0.340 e. The SMILES string of the molecule is CN(CC1CCCN(CCc2ccc(F)cc2)C1)C(=O)c1cc2ccccc2cn1. The lowest BCUT2D eigenvalue weighted by atomic mass is 9.97. The topological polar surface area (TPSA) is 36.4 Å². The Labute approximate surface area is 177 Å². The van der Waals surface area contributed by atoms with Crippen molar-refractivity contribution < 1.29 is 9.18 Å². The van der Waals surface area contributed by atoms with Crippen molar-refractivity contribution in [3.63, 3.8) is 0 Å². The molecule has 1 atom stereocenters. The summed E-state index contributed by atoms with van der Waals surface area (Å²) < 4.78 is 13.1. The zero-order chi connectivity index (χ0) is 20.9. The summed E-state index contributed by atoms with van der Waals surface area (Å²) in [6.07, 6.45) is 4.97. The number of hydrogen-bond donors (Lipinski definition) is 0. The average Bonchev–Trinajstić information content (AvgIpc) is 2.78. The van der Waals surface area contributed by atoms with Gasteiger partial charge in [0.25, 0.3) is 5.91 Å². The highest BCUT2D eigenvalue weighted by Gasteiger charge is 2.23. The molecular formula is C25H28FN3O. The fourth-order valence-electron chi connectivity index (χ4n) is 4.31. The molecule has 4 rings (SSSR count). The van der Waals surface area contributed by atoms with E-state index in [4.69, 9.17) is 0 Å². The van der Waals surface area contributed by atoms with Crippen LogP contribution in [0.3, 0.4) is 0 Å². The van der Waals surface area contributed by atoms with E-state index in [0.29, 0.717) is 11.6 Å². The summed E-state index contributed by atoms with van der Waals surface area (Å²) >= 11 is 0. The molecule has 1 saturated heterocycles. The van der Waals surface area contributed by atoms with Crippen LogP contribution in [-0.4, -0.2) is 53.9 Å². The molecule has 4 nitrogen and oxygen atoms in total. The van der Waals surface area contributed by atoms with Gasteiger partial charge >= 0.3 is 0 Å². The van der Waals surface area contributed by atoms with E-state index in [1.54, 1.807) is 6.20 Å². The van der Waals surface area contributed by atoms with Gasteiger partial charge in [-0.05, 0) is 60.9 Å². The van der Waals surface area contributed by atoms with Gasteiger partial charge in [-0.25, -0.2) is 4.39 Å². The van der Waals surface area contributed by atoms with Gasteiger partial charge in [-0.2, -0.15) is 0 Å². The van der Waals surface area contributed by atoms with E-state index in [1.165, 1.54) is 12.1 Å². The normalized spacial score (nSPS) is 17.2. The van der Waals surface area contributed by atoms with E-state index in [9.17, 15) is 9.18 Å². The Kier molecular flexibility index (Phi) is 6.38. The summed E-state index contributed by atoms with van der Waals surface area (Å²) in [6.45, 7) is 3.78. The molecule has 0 saturated carbocycles. The van der Waals surface area contributed by atoms with Gasteiger partial charge < -0.3 is 9.80 Å². The zero-order valence-electron chi connectivity index (χ0n) is 17.4. The number of fused-ring (bicyclic) bond motifs is 1. The van der Waals surface area contributed by atoms with Gasteiger partial charge in [-0.3, -0.25) is 9.78 Å². The Morgan fingerprint density at radius 1 is 1.17 bits per heavy atom. The van der Waals surface area contributed by atoms with E-state index < -0.39 is 0 Å². The van der Waals surface area contributed by atoms with Crippen molar-refractivity contribution in [2.45, 2.75) is 19.3 Å². The quantitative estimate of drug-likeness (QED) is 0.610. The molecule has 3 aromatic rings. The van der Waals surface area contributed by atoms with Crippen molar-refractivity contribution in [1.29, 1.82) is 0 Å². The highest BCUT2D eigenvalue weighted by atomic mass is 19.1. The predicted octanol–water partition coefficient (Wildman–Crippen LogP) is 4.40. The maximum atomic E-state index is 13.1. The van der Waals surface area contributed by atoms with Gasteiger partial charge in [0.1, 0.15) is 11.5 Å². The number of piperidine rings is 1. The minimum absolute atomic E-state index is 0.0239. The lowest BCUT2D eigenvalue weighted by molar-refractivity contribution is 0.0725. The first-order valence-electron chi connectivity index (χ1n) is 10.7. The Bertz CT molecular complexity index is 1000. The van der Waals surface area contributed by atoms with Crippen molar-refractivity contribution in [3.8, 4) is 0 Å². The molecule has 0 bridgehead atoms. The number of rotatable bonds is 6. The van der Waals surface area contributed by atoms with E-state index >= 15 is 0 Å². The van der Waals surface area contributed by atoms with Crippen LogP contribution in [0.15, 0.2) is 60.8 Å². The molecular weight excluding hydrogens is 377 g/mol. The van der Waals surface area contributed by atoms with Gasteiger partial charge in [0.2, 0.25) is 0 Å². The van der Waals surface area contributed by atoms with E-state index in [0.717, 1.165) is 61.8 Å². The van der Waals surface area contributed by atoms with Crippen LogP contribution in [-0.2, 0) is 6.42 Å². The fourth-order valence-corrected chi connectivity index (χ4v) is 4.31. The van der Waals surface area contributed by atoms with Crippen molar-refractivity contribution in [2.24, 2.45) is 5.92 Å². The highest BCUT2D eigenvalue weighted by Crippen LogP contribution is 2.19. The Morgan fingerprint density at radius 2 is 1.93 bits per heavy atom. The van der Waals surface area contributed by atoms with Gasteiger partial charge in [-0.15, -0.1) is 0 Å². The zero-order valence-corrected chi connectivity index (χ0v) is 17.4. The molecule has 1 aromatic heterocycles. The van der Waals surface area contributed by atoms with E-state index in [2.05, 4.69) is 9.88 Å². The number of aromatic nitrogens is 1. The van der Waals surface area contributed by atoms with Gasteiger partial charge in [0.05, 0.1) is 0 Å². The molecule has 1 aliphatic rings. The average molecular weight is 406 g/mol. The maximum absolute atomic E-state index is 13.1. The molecule has 1 fully saturated rings. The standard InChI is InChI=1S/C25H28FN3O/c1-28(25(30)24-15-21-6-2-3-7-22(21)16-27-24)17-20-5-4-13-29(18-20)14-12-19-8-10-23(26)11-9-19/h2-3,6-11,15-16,20H,4-5,12-14,17-18H2,1H3. The summed E-state index contributed by atoms with van der Waals surface area (Å²) in [5.41, 5.74) is 1.66. The van der Waals surface area contributed by atoms with Crippen LogP contribution in [0.1, 0.15) is 28.9 Å². The first-order chi connectivity index (χ1) is 14.6. The lowest BCUT2D eigenvalue weighted by Gasteiger charge is -2.34. The van der Waals surface area contributed by atoms with Crippen molar-refractivity contribution in [3.05, 3.63) is 77.9 Å². The molecule has 5 heteroatoms. The molecule has 0 N–H and O–H groups in total. The number of carbonyl (C=O) groups is 1. The van der Waals surface area contributed by atoms with Crippen molar-refractivity contribution in [2.75, 3.05) is 33.2 Å². The summed E-state index contributed by atoms with van der Waals surface area (Å²) in [5.74, 6) is 0.246. The maximum Gasteiger partial charge on any atom is 0.272 e. The number of likely N-dealkylation sites (tertiary alicyclic amines) is 1. The second-order valence-corrected chi connectivity index (χ2v) is 8.29. The minimum atomic E-state index is -0.189. The third-order valence-electron chi connectivity index (χ3n) is 5.96. The largest absolute Gasteiger partial charge is 0.340 e. The number of carbonyl (C=O) groups excluding carboxylic acids is 1. The second-order valence-electron chi connectivity index (χ2n) is 8.29. The van der Waals surface area contributed by atoms with Crippen LogP contribution >= 0.6 is 0 Å². The first kappa shape index (κ1) is 20.5. The van der Waals surface area contributed by atoms with Crippen molar-refractivity contribution in [1.82, 2.24) is 14.8 Å². The second kappa shape index (κ2) is 9.35. The summed E-state index contributed by atoms with van der Waals surface area (Å²) in [7, 11) is 1.87. The number of pyridine rings is 1. The number of benzene rings is 2. The number of halogens is 1. The van der Waals surface area contributed by atoms with Crippen LogP contribution in [0.25, 0.3) is 10.8 Å². The molecule has 0 radical (unpaired) electrons. The molecule has 2 aromatic carbocycles. The van der Waals surface area contributed by atoms with Crippen LogP contribution in [0.4, 0.5) is 4.39 Å². The number of amides is 1. The highest BCUT2D eigenvalue weighted by molar-refractivity contribution is 5.96. The molecule has 30 heavy (non-hydrogen) atoms. The van der Waals surface area contributed by atoms with Crippen LogP contribution in [0, 0.1) is 11.7 Å². The molecule has 0 aliphatic carbocycles. The monoisotopic (exact) mass is 405 g/mol. The van der Waals surface area contributed by atoms with E-state index in [-0.39, 0.29) is 11.7 Å². The third kappa shape index (κ3) is 5.03. The number of nitrogens with zero attached hydrogens (tertiary/aromatic N) is 3. The predicted molar refractivity (Wildman–Crippen MR) is 118 cm³/mol. The fraction of sp³-hybridized carbons (Fsp3) is 0.360. The van der Waals surface area contributed by atoms with Crippen LogP contribution in [0.2, 0.25) is 0 Å². The molecule has 1 unspecified atom stereocenters. The van der Waals surface area contributed by atoms with Crippen LogP contribution in [0.5, 0.6) is 0 Å². The molecule has 0 spiro atoms. The van der Waals surface area contributed by atoms with Gasteiger partial charge in [0.15, 0.2) is 0 Å². The first-order valence-corrected chi connectivity index (χ1v) is 10.7. The van der Waals surface area contributed by atoms with Gasteiger partial charge in [-0.1, -0.05) is 36.4 Å². The number of hydrogen-bond acceptors (Lipinski definition) is 3. The smallest absolute Gasteiger partial charge is 0.272 e. The Hall–Kier alpha value is -2.79. The Balaban J connectivity index is 1.32. The molecule has 1 amide bonds. The summed E-state index contributed by atoms with van der Waals surface area (Å²) in [5, 5.41) is 2.08. The van der Waals surface area contributed by atoms with Gasteiger partial charge in [0, 0.05) is 38.3 Å². The third-order valence-corrected chi connectivity index (χ3v) is 5.96. The molecule has 2 heterocycles. The molecule has 1 aliphatic heterocycles. The van der Waals surface area contributed by atoms with Crippen LogP contribution < -0.4 is 0 Å². The van der Waals surface area contributed by atoms with E-state index in [1.807, 2.05) is 54.4 Å². The van der Waals surface area contributed by atoms with Crippen molar-refractivity contribution >= 4 is 16.7 Å². The lowest BCUT2D eigenvalue weighted by Crippen LogP contribution is -2.42. The molecule has 156 valence electrons. The summed E-state index contributed by atoms with van der Waals surface area (Å²) in [4.78, 5) is 21.6. The Morgan fingerprint density at radius 3 is 2.73 bits per heavy atom.